The van der Waals surface area contributed by atoms with Gasteiger partial charge in [0.05, 0.1) is 22.4 Å². The van der Waals surface area contributed by atoms with Gasteiger partial charge in [0.2, 0.25) is 0 Å². The van der Waals surface area contributed by atoms with Crippen LogP contribution in [0, 0.1) is 6.92 Å². The third kappa shape index (κ3) is 1.51. The minimum atomic E-state index is -0.317. The van der Waals surface area contributed by atoms with Crippen LogP contribution in [0.4, 0.5) is 0 Å². The number of aromatic amines is 1. The second-order valence-electron chi connectivity index (χ2n) is 3.79. The Morgan fingerprint density at radius 1 is 1.47 bits per heavy atom. The molecule has 0 saturated heterocycles. The molecule has 86 valence electrons. The van der Waals surface area contributed by atoms with Crippen molar-refractivity contribution in [2.75, 3.05) is 7.11 Å². The normalized spacial score (nSPS) is 11.2. The molecule has 0 fully saturated rings. The van der Waals surface area contributed by atoms with E-state index >= 15 is 0 Å². The van der Waals surface area contributed by atoms with Gasteiger partial charge in [-0.15, -0.1) is 11.3 Å². The molecule has 0 unspecified atom stereocenters. The first-order chi connectivity index (χ1) is 8.19. The van der Waals surface area contributed by atoms with Crippen molar-refractivity contribution < 1.29 is 9.53 Å². The quantitative estimate of drug-likeness (QED) is 0.672. The average molecular weight is 246 g/mol. The average Bonchev–Trinajstić information content (AvgIpc) is 2.83. The van der Waals surface area contributed by atoms with E-state index in [1.54, 1.807) is 17.4 Å². The second kappa shape index (κ2) is 3.56. The lowest BCUT2D eigenvalue weighted by Crippen LogP contribution is -2.00. The topological polar surface area (TPSA) is 55.0 Å². The number of benzene rings is 1. The van der Waals surface area contributed by atoms with Gasteiger partial charge in [-0.3, -0.25) is 0 Å². The van der Waals surface area contributed by atoms with Crippen molar-refractivity contribution in [3.05, 3.63) is 28.8 Å². The van der Waals surface area contributed by atoms with Gasteiger partial charge in [-0.25, -0.2) is 9.78 Å². The van der Waals surface area contributed by atoms with Gasteiger partial charge in [-0.1, -0.05) is 0 Å². The maximum Gasteiger partial charge on any atom is 0.337 e. The van der Waals surface area contributed by atoms with Gasteiger partial charge in [-0.05, 0) is 25.1 Å². The zero-order valence-electron chi connectivity index (χ0n) is 9.40. The Hall–Kier alpha value is -1.88. The molecule has 4 nitrogen and oxygen atoms in total. The van der Waals surface area contributed by atoms with Crippen LogP contribution in [-0.4, -0.2) is 23.0 Å². The van der Waals surface area contributed by atoms with E-state index in [0.717, 1.165) is 26.3 Å². The van der Waals surface area contributed by atoms with E-state index in [1.807, 2.05) is 19.1 Å². The fourth-order valence-corrected chi connectivity index (χ4v) is 2.81. The number of carbonyl (C=O) groups is 1. The van der Waals surface area contributed by atoms with Gasteiger partial charge in [0.1, 0.15) is 5.65 Å². The number of esters is 1. The fourth-order valence-electron chi connectivity index (χ4n) is 1.91. The summed E-state index contributed by atoms with van der Waals surface area (Å²) in [5.74, 6) is -0.317. The van der Waals surface area contributed by atoms with E-state index in [-0.39, 0.29) is 5.97 Å². The van der Waals surface area contributed by atoms with Crippen molar-refractivity contribution in [3.8, 4) is 0 Å². The minimum Gasteiger partial charge on any atom is -0.465 e. The number of nitrogens with one attached hydrogen (secondary N) is 1. The third-order valence-electron chi connectivity index (χ3n) is 2.67. The molecule has 0 aliphatic carbocycles. The summed E-state index contributed by atoms with van der Waals surface area (Å²) >= 11 is 1.62. The molecule has 0 amide bonds. The molecule has 17 heavy (non-hydrogen) atoms. The van der Waals surface area contributed by atoms with Crippen LogP contribution >= 0.6 is 11.3 Å². The van der Waals surface area contributed by atoms with Crippen LogP contribution in [0.25, 0.3) is 21.3 Å². The highest BCUT2D eigenvalue weighted by atomic mass is 32.1. The molecule has 0 atom stereocenters. The van der Waals surface area contributed by atoms with Crippen LogP contribution in [0.2, 0.25) is 0 Å². The highest BCUT2D eigenvalue weighted by Gasteiger charge is 2.12. The molecule has 5 heteroatoms. The molecule has 0 saturated carbocycles. The van der Waals surface area contributed by atoms with Crippen LogP contribution in [-0.2, 0) is 4.74 Å². The number of aromatic nitrogens is 2. The molecule has 1 N–H and O–H groups in total. The first-order valence-corrected chi connectivity index (χ1v) is 5.98. The number of ether oxygens (including phenoxy) is 1. The number of nitrogens with zero attached hydrogens (tertiary/aromatic N) is 1. The van der Waals surface area contributed by atoms with Crippen LogP contribution in [0.15, 0.2) is 18.2 Å². The van der Waals surface area contributed by atoms with Crippen molar-refractivity contribution >= 4 is 38.6 Å². The lowest BCUT2D eigenvalue weighted by atomic mass is 10.1. The predicted octanol–water partition coefficient (Wildman–Crippen LogP) is 2.87. The zero-order chi connectivity index (χ0) is 12.0. The largest absolute Gasteiger partial charge is 0.465 e. The van der Waals surface area contributed by atoms with E-state index < -0.39 is 0 Å². The Balaban J connectivity index is 2.31. The number of H-pyrrole nitrogens is 1. The van der Waals surface area contributed by atoms with Crippen molar-refractivity contribution in [2.45, 2.75) is 6.92 Å². The smallest absolute Gasteiger partial charge is 0.337 e. The Morgan fingerprint density at radius 3 is 3.06 bits per heavy atom. The second-order valence-corrected chi connectivity index (χ2v) is 4.99. The molecule has 3 aromatic rings. The van der Waals surface area contributed by atoms with Crippen LogP contribution in [0.3, 0.4) is 0 Å². The lowest BCUT2D eigenvalue weighted by Gasteiger charge is -1.98. The Kier molecular flexibility index (Phi) is 2.16. The van der Waals surface area contributed by atoms with Crippen molar-refractivity contribution in [1.29, 1.82) is 0 Å². The summed E-state index contributed by atoms with van der Waals surface area (Å²) in [5, 5.41) is 2.03. The summed E-state index contributed by atoms with van der Waals surface area (Å²) in [5.41, 5.74) is 2.43. The highest BCUT2D eigenvalue weighted by Crippen LogP contribution is 2.30. The molecule has 0 radical (unpaired) electrons. The van der Waals surface area contributed by atoms with Gasteiger partial charge in [-0.2, -0.15) is 0 Å². The molecule has 0 aliphatic rings. The summed E-state index contributed by atoms with van der Waals surface area (Å²) in [6, 6.07) is 5.48. The molecule has 2 heterocycles. The number of methoxy groups -OCH3 is 1. The number of rotatable bonds is 1. The highest BCUT2D eigenvalue weighted by molar-refractivity contribution is 7.19. The van der Waals surface area contributed by atoms with Gasteiger partial charge in [0.25, 0.3) is 0 Å². The molecule has 0 spiro atoms. The number of hydrogen-bond donors (Lipinski definition) is 1. The lowest BCUT2D eigenvalue weighted by molar-refractivity contribution is 0.0601. The number of thiazole rings is 1. The van der Waals surface area contributed by atoms with E-state index in [4.69, 9.17) is 4.74 Å². The maximum atomic E-state index is 11.5. The fraction of sp³-hybridized carbons (Fsp3) is 0.167. The van der Waals surface area contributed by atoms with Gasteiger partial charge in [0.15, 0.2) is 0 Å². The monoisotopic (exact) mass is 246 g/mol. The van der Waals surface area contributed by atoms with Crippen molar-refractivity contribution in [2.24, 2.45) is 0 Å². The molecular formula is C12H10N2O2S. The first-order valence-electron chi connectivity index (χ1n) is 5.16. The standard InChI is InChI=1S/C12H10N2O2S/c1-6-13-11-10(17-6)8-5-7(12(15)16-2)3-4-9(8)14-11/h3-5,14H,1-2H3. The number of fused-ring (bicyclic) bond motifs is 3. The molecule has 2 aromatic heterocycles. The van der Waals surface area contributed by atoms with E-state index in [9.17, 15) is 4.79 Å². The summed E-state index contributed by atoms with van der Waals surface area (Å²) in [6.45, 7) is 1.97. The number of hydrogen-bond acceptors (Lipinski definition) is 4. The van der Waals surface area contributed by atoms with Crippen LogP contribution in [0.5, 0.6) is 0 Å². The summed E-state index contributed by atoms with van der Waals surface area (Å²) in [7, 11) is 1.39. The van der Waals surface area contributed by atoms with Crippen molar-refractivity contribution in [3.63, 3.8) is 0 Å². The molecule has 1 aromatic carbocycles. The van der Waals surface area contributed by atoms with Crippen LogP contribution in [0.1, 0.15) is 15.4 Å². The van der Waals surface area contributed by atoms with Gasteiger partial charge >= 0.3 is 5.97 Å². The molecule has 0 aliphatic heterocycles. The summed E-state index contributed by atoms with van der Waals surface area (Å²) in [4.78, 5) is 19.1. The van der Waals surface area contributed by atoms with Crippen molar-refractivity contribution in [1.82, 2.24) is 9.97 Å². The van der Waals surface area contributed by atoms with E-state index in [2.05, 4.69) is 9.97 Å². The molecule has 0 bridgehead atoms. The summed E-state index contributed by atoms with van der Waals surface area (Å²) in [6.07, 6.45) is 0. The summed E-state index contributed by atoms with van der Waals surface area (Å²) < 4.78 is 5.80. The Bertz CT molecular complexity index is 727. The molecule has 3 rings (SSSR count). The maximum absolute atomic E-state index is 11.5. The zero-order valence-corrected chi connectivity index (χ0v) is 10.2. The van der Waals surface area contributed by atoms with E-state index in [0.29, 0.717) is 5.56 Å². The Labute approximate surface area is 101 Å². The van der Waals surface area contributed by atoms with Gasteiger partial charge < -0.3 is 9.72 Å². The minimum absolute atomic E-state index is 0.317. The first kappa shape index (κ1) is 10.3. The SMILES string of the molecule is COC(=O)c1ccc2[nH]c3nc(C)sc3c2c1. The third-order valence-corrected chi connectivity index (χ3v) is 3.68. The van der Waals surface area contributed by atoms with Crippen LogP contribution < -0.4 is 0 Å². The predicted molar refractivity (Wildman–Crippen MR) is 67.6 cm³/mol. The Morgan fingerprint density at radius 2 is 2.29 bits per heavy atom. The number of carbonyl (C=O) groups excluding carboxylic acids is 1. The van der Waals surface area contributed by atoms with E-state index in [1.165, 1.54) is 7.11 Å². The van der Waals surface area contributed by atoms with Gasteiger partial charge in [0, 0.05) is 10.9 Å². The molecular weight excluding hydrogens is 236 g/mol. The number of aryl methyl sites for hydroxylation is 1.